The highest BCUT2D eigenvalue weighted by atomic mass is 28.4. The second kappa shape index (κ2) is 6.87. The molecule has 0 fully saturated rings. The van der Waals surface area contributed by atoms with Crippen molar-refractivity contribution in [2.45, 2.75) is 51.4 Å². The Bertz CT molecular complexity index is 480. The fraction of sp³-hybridized carbons (Fsp3) is 0.471. The summed E-state index contributed by atoms with van der Waals surface area (Å²) in [5.74, 6) is 0. The maximum atomic E-state index is 9.27. The van der Waals surface area contributed by atoms with Crippen molar-refractivity contribution in [3.8, 4) is 6.07 Å². The first-order chi connectivity index (χ1) is 9.26. The molecule has 1 atom stereocenters. The Hall–Kier alpha value is -1.37. The number of benzene rings is 1. The quantitative estimate of drug-likeness (QED) is 0.714. The molecular formula is C17H25NOSi. The molecule has 0 N–H and O–H groups in total. The van der Waals surface area contributed by atoms with Gasteiger partial charge in [0.2, 0.25) is 0 Å². The lowest BCUT2D eigenvalue weighted by atomic mass is 10.2. The van der Waals surface area contributed by atoms with Gasteiger partial charge in [-0.3, -0.25) is 0 Å². The van der Waals surface area contributed by atoms with Crippen molar-refractivity contribution in [1.82, 2.24) is 0 Å². The number of nitrogens with zero attached hydrogens (tertiary/aromatic N) is 1. The molecule has 1 aromatic carbocycles. The second-order valence-corrected chi connectivity index (χ2v) is 11.3. The van der Waals surface area contributed by atoms with Gasteiger partial charge in [-0.05, 0) is 23.7 Å². The molecule has 20 heavy (non-hydrogen) atoms. The van der Waals surface area contributed by atoms with Crippen molar-refractivity contribution in [1.29, 1.82) is 5.26 Å². The Morgan fingerprint density at radius 3 is 2.35 bits per heavy atom. The molecule has 0 saturated carbocycles. The van der Waals surface area contributed by atoms with Crippen LogP contribution in [0.5, 0.6) is 0 Å². The molecule has 0 aliphatic rings. The molecule has 108 valence electrons. The zero-order valence-electron chi connectivity index (χ0n) is 13.2. The lowest BCUT2D eigenvalue weighted by Gasteiger charge is -2.37. The highest BCUT2D eigenvalue weighted by Gasteiger charge is 2.38. The molecule has 0 unspecified atom stereocenters. The van der Waals surface area contributed by atoms with Gasteiger partial charge in [0.1, 0.15) is 6.10 Å². The van der Waals surface area contributed by atoms with Crippen LogP contribution in [0.1, 0.15) is 32.8 Å². The van der Waals surface area contributed by atoms with Gasteiger partial charge in [-0.2, -0.15) is 5.26 Å². The van der Waals surface area contributed by atoms with E-state index in [0.717, 1.165) is 5.56 Å². The molecule has 0 amide bonds. The molecule has 0 bridgehead atoms. The largest absolute Gasteiger partial charge is 0.401 e. The first-order valence-electron chi connectivity index (χ1n) is 7.05. The van der Waals surface area contributed by atoms with E-state index in [-0.39, 0.29) is 11.1 Å². The Balaban J connectivity index is 2.61. The van der Waals surface area contributed by atoms with Gasteiger partial charge in [-0.1, -0.05) is 63.3 Å². The molecule has 2 nitrogen and oxygen atoms in total. The summed E-state index contributed by atoms with van der Waals surface area (Å²) in [4.78, 5) is 0. The molecule has 0 radical (unpaired) electrons. The van der Waals surface area contributed by atoms with Crippen molar-refractivity contribution in [3.63, 3.8) is 0 Å². The summed E-state index contributed by atoms with van der Waals surface area (Å²) in [6.45, 7) is 10.9. The highest BCUT2D eigenvalue weighted by Crippen LogP contribution is 2.37. The molecule has 1 rings (SSSR count). The van der Waals surface area contributed by atoms with Crippen LogP contribution in [0.15, 0.2) is 36.4 Å². The van der Waals surface area contributed by atoms with Gasteiger partial charge in [0, 0.05) is 6.42 Å². The normalized spacial score (nSPS) is 14.2. The smallest absolute Gasteiger partial charge is 0.193 e. The Kier molecular flexibility index (Phi) is 5.73. The van der Waals surface area contributed by atoms with Crippen LogP contribution in [-0.4, -0.2) is 14.4 Å². The van der Waals surface area contributed by atoms with E-state index in [1.165, 1.54) is 0 Å². The van der Waals surface area contributed by atoms with E-state index in [1.807, 2.05) is 42.5 Å². The van der Waals surface area contributed by atoms with Crippen LogP contribution in [0.3, 0.4) is 0 Å². The zero-order chi connectivity index (χ0) is 15.2. The molecule has 0 saturated heterocycles. The molecule has 0 spiro atoms. The van der Waals surface area contributed by atoms with E-state index in [2.05, 4.69) is 39.9 Å². The van der Waals surface area contributed by atoms with Crippen LogP contribution in [0, 0.1) is 11.3 Å². The lowest BCUT2D eigenvalue weighted by molar-refractivity contribution is 0.234. The minimum absolute atomic E-state index is 0.130. The first kappa shape index (κ1) is 16.7. The minimum Gasteiger partial charge on any atom is -0.401 e. The summed E-state index contributed by atoms with van der Waals surface area (Å²) in [5.41, 5.74) is 1.15. The SMILES string of the molecule is CC(C)(C)[Si](C)(C)O[C@@H](C#N)C/C=C/c1ccccc1. The summed E-state index contributed by atoms with van der Waals surface area (Å²) in [7, 11) is -1.87. The fourth-order valence-corrected chi connectivity index (χ4v) is 2.77. The van der Waals surface area contributed by atoms with E-state index in [4.69, 9.17) is 4.43 Å². The zero-order valence-corrected chi connectivity index (χ0v) is 14.2. The van der Waals surface area contributed by atoms with Crippen LogP contribution < -0.4 is 0 Å². The predicted molar refractivity (Wildman–Crippen MR) is 87.8 cm³/mol. The Morgan fingerprint density at radius 2 is 1.85 bits per heavy atom. The average molecular weight is 287 g/mol. The molecule has 0 aliphatic carbocycles. The molecule has 0 aromatic heterocycles. The topological polar surface area (TPSA) is 33.0 Å². The molecule has 1 aromatic rings. The summed E-state index contributed by atoms with van der Waals surface area (Å²) >= 11 is 0. The third-order valence-electron chi connectivity index (χ3n) is 3.85. The maximum absolute atomic E-state index is 9.27. The number of hydrogen-bond acceptors (Lipinski definition) is 2. The summed E-state index contributed by atoms with van der Waals surface area (Å²) in [5, 5.41) is 9.40. The van der Waals surface area contributed by atoms with Gasteiger partial charge >= 0.3 is 0 Å². The van der Waals surface area contributed by atoms with Crippen LogP contribution in [0.4, 0.5) is 0 Å². The number of rotatable bonds is 5. The Labute approximate surface area is 124 Å². The van der Waals surface area contributed by atoms with Crippen molar-refractivity contribution in [2.24, 2.45) is 0 Å². The molecule has 0 heterocycles. The van der Waals surface area contributed by atoms with Crippen LogP contribution in [0.25, 0.3) is 6.08 Å². The van der Waals surface area contributed by atoms with Gasteiger partial charge in [0.25, 0.3) is 0 Å². The lowest BCUT2D eigenvalue weighted by Crippen LogP contribution is -2.43. The highest BCUT2D eigenvalue weighted by molar-refractivity contribution is 6.74. The number of nitriles is 1. The van der Waals surface area contributed by atoms with Gasteiger partial charge in [-0.15, -0.1) is 0 Å². The van der Waals surface area contributed by atoms with Crippen molar-refractivity contribution >= 4 is 14.4 Å². The van der Waals surface area contributed by atoms with Gasteiger partial charge < -0.3 is 4.43 Å². The van der Waals surface area contributed by atoms with Crippen molar-refractivity contribution in [3.05, 3.63) is 42.0 Å². The molecular weight excluding hydrogens is 262 g/mol. The maximum Gasteiger partial charge on any atom is 0.193 e. The first-order valence-corrected chi connectivity index (χ1v) is 9.96. The van der Waals surface area contributed by atoms with Crippen molar-refractivity contribution < 1.29 is 4.43 Å². The van der Waals surface area contributed by atoms with E-state index in [9.17, 15) is 5.26 Å². The van der Waals surface area contributed by atoms with Gasteiger partial charge in [0.05, 0.1) is 6.07 Å². The van der Waals surface area contributed by atoms with E-state index >= 15 is 0 Å². The standard InChI is InChI=1S/C17H25NOSi/c1-17(2,3)20(4,5)19-16(14-18)13-9-12-15-10-7-6-8-11-15/h6-12,16H,13H2,1-5H3/b12-9+/t16-/m1/s1. The fourth-order valence-electron chi connectivity index (χ4n) is 1.55. The van der Waals surface area contributed by atoms with Gasteiger partial charge in [0.15, 0.2) is 8.32 Å². The van der Waals surface area contributed by atoms with E-state index < -0.39 is 8.32 Å². The van der Waals surface area contributed by atoms with Crippen LogP contribution in [-0.2, 0) is 4.43 Å². The minimum atomic E-state index is -1.87. The predicted octanol–water partition coefficient (Wildman–Crippen LogP) is 5.00. The average Bonchev–Trinajstić information content (AvgIpc) is 2.37. The molecule has 3 heteroatoms. The van der Waals surface area contributed by atoms with Crippen LogP contribution in [0.2, 0.25) is 18.1 Å². The van der Waals surface area contributed by atoms with Crippen LogP contribution >= 0.6 is 0 Å². The summed E-state index contributed by atoms with van der Waals surface area (Å²) in [6.07, 6.45) is 4.35. The monoisotopic (exact) mass is 287 g/mol. The second-order valence-electron chi connectivity index (χ2n) is 6.54. The van der Waals surface area contributed by atoms with E-state index in [0.29, 0.717) is 6.42 Å². The molecule has 0 aliphatic heterocycles. The summed E-state index contributed by atoms with van der Waals surface area (Å²) in [6, 6.07) is 12.4. The van der Waals surface area contributed by atoms with E-state index in [1.54, 1.807) is 0 Å². The third kappa shape index (κ3) is 4.95. The number of hydrogen-bond donors (Lipinski definition) is 0. The van der Waals surface area contributed by atoms with Gasteiger partial charge in [-0.25, -0.2) is 0 Å². The van der Waals surface area contributed by atoms with Crippen molar-refractivity contribution in [2.75, 3.05) is 0 Å². The third-order valence-corrected chi connectivity index (χ3v) is 8.33. The summed E-state index contributed by atoms with van der Waals surface area (Å²) < 4.78 is 6.12. The Morgan fingerprint density at radius 1 is 1.25 bits per heavy atom.